The molecule has 1 aromatic carbocycles. The van der Waals surface area contributed by atoms with Crippen LogP contribution in [-0.4, -0.2) is 4.98 Å². The summed E-state index contributed by atoms with van der Waals surface area (Å²) in [5.41, 5.74) is 3.16. The van der Waals surface area contributed by atoms with Crippen LogP contribution in [0.1, 0.15) is 23.4 Å². The molecule has 1 atom stereocenters. The molecular formula is C12H10ClN3S. The quantitative estimate of drug-likeness (QED) is 0.915. The number of hydrogen-bond acceptors (Lipinski definition) is 4. The molecule has 0 spiro atoms. The van der Waals surface area contributed by atoms with E-state index in [1.54, 1.807) is 29.0 Å². The largest absolute Gasteiger partial charge is 0.378 e. The Morgan fingerprint density at radius 2 is 2.35 bits per heavy atom. The summed E-state index contributed by atoms with van der Waals surface area (Å²) in [6.07, 6.45) is 1.84. The van der Waals surface area contributed by atoms with E-state index in [0.29, 0.717) is 10.6 Å². The zero-order valence-corrected chi connectivity index (χ0v) is 10.7. The summed E-state index contributed by atoms with van der Waals surface area (Å²) in [6.45, 7) is 2.05. The molecule has 0 saturated heterocycles. The van der Waals surface area contributed by atoms with Crippen LogP contribution in [0.4, 0.5) is 5.69 Å². The van der Waals surface area contributed by atoms with E-state index in [1.165, 1.54) is 0 Å². The van der Waals surface area contributed by atoms with Gasteiger partial charge in [-0.1, -0.05) is 11.6 Å². The Bertz CT molecular complexity index is 545. The highest BCUT2D eigenvalue weighted by Gasteiger charge is 2.08. The second-order valence-corrected chi connectivity index (χ2v) is 4.90. The number of nitriles is 1. The topological polar surface area (TPSA) is 48.7 Å². The number of aromatic nitrogens is 1. The number of hydrogen-bond donors (Lipinski definition) is 1. The molecule has 2 rings (SSSR count). The van der Waals surface area contributed by atoms with E-state index < -0.39 is 0 Å². The highest BCUT2D eigenvalue weighted by molar-refractivity contribution is 7.09. The molecule has 0 aliphatic carbocycles. The third kappa shape index (κ3) is 2.76. The number of nitrogens with zero attached hydrogens (tertiary/aromatic N) is 2. The van der Waals surface area contributed by atoms with Gasteiger partial charge in [-0.2, -0.15) is 5.26 Å². The van der Waals surface area contributed by atoms with Crippen molar-refractivity contribution in [3.8, 4) is 6.07 Å². The first kappa shape index (κ1) is 11.9. The van der Waals surface area contributed by atoms with Crippen molar-refractivity contribution in [1.29, 1.82) is 5.26 Å². The van der Waals surface area contributed by atoms with E-state index in [-0.39, 0.29) is 6.04 Å². The summed E-state index contributed by atoms with van der Waals surface area (Å²) in [5, 5.41) is 12.7. The Hall–Kier alpha value is -1.57. The minimum absolute atomic E-state index is 0.162. The lowest BCUT2D eigenvalue weighted by molar-refractivity contribution is 0.903. The van der Waals surface area contributed by atoms with E-state index in [2.05, 4.69) is 16.4 Å². The summed E-state index contributed by atoms with van der Waals surface area (Å²) in [5.74, 6) is 0. The lowest BCUT2D eigenvalue weighted by atomic mass is 10.2. The SMILES string of the molecule is CC(Nc1ccc(Cl)c(C#N)c1)c1cncs1. The molecule has 0 bridgehead atoms. The first-order chi connectivity index (χ1) is 8.20. The zero-order valence-electron chi connectivity index (χ0n) is 9.14. The number of nitrogens with one attached hydrogen (secondary N) is 1. The number of benzene rings is 1. The molecule has 1 N–H and O–H groups in total. The van der Waals surface area contributed by atoms with Gasteiger partial charge in [-0.25, -0.2) is 0 Å². The van der Waals surface area contributed by atoms with Crippen molar-refractivity contribution in [2.24, 2.45) is 0 Å². The van der Waals surface area contributed by atoms with Gasteiger partial charge in [0.25, 0.3) is 0 Å². The maximum atomic E-state index is 8.89. The Morgan fingerprint density at radius 3 is 3.00 bits per heavy atom. The molecule has 3 nitrogen and oxygen atoms in total. The molecule has 0 amide bonds. The van der Waals surface area contributed by atoms with Gasteiger partial charge in [0.1, 0.15) is 6.07 Å². The van der Waals surface area contributed by atoms with Crippen LogP contribution in [-0.2, 0) is 0 Å². The summed E-state index contributed by atoms with van der Waals surface area (Å²) in [6, 6.07) is 7.56. The highest BCUT2D eigenvalue weighted by Crippen LogP contribution is 2.25. The molecule has 0 radical (unpaired) electrons. The number of rotatable bonds is 3. The highest BCUT2D eigenvalue weighted by atomic mass is 35.5. The molecular weight excluding hydrogens is 254 g/mol. The predicted molar refractivity (Wildman–Crippen MR) is 70.3 cm³/mol. The first-order valence-electron chi connectivity index (χ1n) is 5.05. The number of halogens is 1. The maximum absolute atomic E-state index is 8.89. The van der Waals surface area contributed by atoms with Crippen LogP contribution in [0.25, 0.3) is 0 Å². The minimum Gasteiger partial charge on any atom is -0.378 e. The number of anilines is 1. The Kier molecular flexibility index (Phi) is 3.62. The van der Waals surface area contributed by atoms with E-state index in [1.807, 2.05) is 19.2 Å². The van der Waals surface area contributed by atoms with Crippen molar-refractivity contribution in [3.63, 3.8) is 0 Å². The fourth-order valence-electron chi connectivity index (χ4n) is 1.46. The third-order valence-corrected chi connectivity index (χ3v) is 3.64. The van der Waals surface area contributed by atoms with Gasteiger partial charge in [-0.05, 0) is 25.1 Å². The Balaban J connectivity index is 2.17. The molecule has 1 heterocycles. The lowest BCUT2D eigenvalue weighted by Gasteiger charge is -2.13. The van der Waals surface area contributed by atoms with Gasteiger partial charge in [0.05, 0.1) is 22.1 Å². The molecule has 1 unspecified atom stereocenters. The monoisotopic (exact) mass is 263 g/mol. The molecule has 86 valence electrons. The van der Waals surface area contributed by atoms with Crippen LogP contribution < -0.4 is 5.32 Å². The van der Waals surface area contributed by atoms with Gasteiger partial charge in [-0.15, -0.1) is 11.3 Å². The normalized spacial score (nSPS) is 11.8. The van der Waals surface area contributed by atoms with Gasteiger partial charge in [0.2, 0.25) is 0 Å². The molecule has 0 fully saturated rings. The summed E-state index contributed by atoms with van der Waals surface area (Å²) in [7, 11) is 0. The fraction of sp³-hybridized carbons (Fsp3) is 0.167. The minimum atomic E-state index is 0.162. The van der Waals surface area contributed by atoms with Gasteiger partial charge in [-0.3, -0.25) is 4.98 Å². The van der Waals surface area contributed by atoms with Gasteiger partial charge < -0.3 is 5.32 Å². The molecule has 0 saturated carbocycles. The summed E-state index contributed by atoms with van der Waals surface area (Å²) in [4.78, 5) is 5.19. The molecule has 0 aliphatic heterocycles. The molecule has 5 heteroatoms. The first-order valence-corrected chi connectivity index (χ1v) is 6.31. The average molecular weight is 264 g/mol. The molecule has 17 heavy (non-hydrogen) atoms. The van der Waals surface area contributed by atoms with Crippen molar-refractivity contribution in [2.45, 2.75) is 13.0 Å². The van der Waals surface area contributed by atoms with E-state index >= 15 is 0 Å². The fourth-order valence-corrected chi connectivity index (χ4v) is 2.25. The van der Waals surface area contributed by atoms with Crippen molar-refractivity contribution in [2.75, 3.05) is 5.32 Å². The second kappa shape index (κ2) is 5.17. The number of thiazole rings is 1. The van der Waals surface area contributed by atoms with Crippen molar-refractivity contribution in [3.05, 3.63) is 45.4 Å². The van der Waals surface area contributed by atoms with Gasteiger partial charge >= 0.3 is 0 Å². The Labute approximate surface area is 109 Å². The van der Waals surface area contributed by atoms with E-state index in [9.17, 15) is 0 Å². The van der Waals surface area contributed by atoms with Crippen LogP contribution in [0.5, 0.6) is 0 Å². The third-order valence-electron chi connectivity index (χ3n) is 2.35. The smallest absolute Gasteiger partial charge is 0.101 e. The average Bonchev–Trinajstić information content (AvgIpc) is 2.85. The molecule has 2 aromatic rings. The van der Waals surface area contributed by atoms with Gasteiger partial charge in [0, 0.05) is 16.8 Å². The maximum Gasteiger partial charge on any atom is 0.101 e. The van der Waals surface area contributed by atoms with Crippen LogP contribution in [0.2, 0.25) is 5.02 Å². The molecule has 0 aliphatic rings. The standard InChI is InChI=1S/C12H10ClN3S/c1-8(12-6-15-7-17-12)16-10-2-3-11(13)9(4-10)5-14/h2-4,6-8,16H,1H3. The van der Waals surface area contributed by atoms with Crippen molar-refractivity contribution in [1.82, 2.24) is 4.98 Å². The summed E-state index contributed by atoms with van der Waals surface area (Å²) >= 11 is 7.47. The second-order valence-electron chi connectivity index (χ2n) is 3.58. The lowest BCUT2D eigenvalue weighted by Crippen LogP contribution is -2.04. The zero-order chi connectivity index (χ0) is 12.3. The van der Waals surface area contributed by atoms with Crippen molar-refractivity contribution < 1.29 is 0 Å². The predicted octanol–water partition coefficient (Wildman–Crippen LogP) is 3.84. The van der Waals surface area contributed by atoms with Crippen LogP contribution >= 0.6 is 22.9 Å². The van der Waals surface area contributed by atoms with Gasteiger partial charge in [0.15, 0.2) is 0 Å². The van der Waals surface area contributed by atoms with Crippen LogP contribution in [0, 0.1) is 11.3 Å². The summed E-state index contributed by atoms with van der Waals surface area (Å²) < 4.78 is 0. The van der Waals surface area contributed by atoms with Crippen LogP contribution in [0.15, 0.2) is 29.9 Å². The molecule has 1 aromatic heterocycles. The Morgan fingerprint density at radius 1 is 1.53 bits per heavy atom. The van der Waals surface area contributed by atoms with E-state index in [4.69, 9.17) is 16.9 Å². The van der Waals surface area contributed by atoms with Crippen molar-refractivity contribution >= 4 is 28.6 Å². The van der Waals surface area contributed by atoms with E-state index in [0.717, 1.165) is 10.6 Å². The van der Waals surface area contributed by atoms with Crippen LogP contribution in [0.3, 0.4) is 0 Å².